The van der Waals surface area contributed by atoms with Crippen molar-refractivity contribution in [3.63, 3.8) is 0 Å². The van der Waals surface area contributed by atoms with Crippen molar-refractivity contribution in [3.8, 4) is 5.75 Å². The molecule has 2 saturated heterocycles. The van der Waals surface area contributed by atoms with Gasteiger partial charge in [-0.3, -0.25) is 0 Å². The van der Waals surface area contributed by atoms with Crippen molar-refractivity contribution in [1.29, 1.82) is 0 Å². The number of imidazole rings is 1. The van der Waals surface area contributed by atoms with Gasteiger partial charge in [0, 0.05) is 50.9 Å². The summed E-state index contributed by atoms with van der Waals surface area (Å²) in [5, 5.41) is 3.26. The van der Waals surface area contributed by atoms with Crippen LogP contribution in [0.5, 0.6) is 5.75 Å². The van der Waals surface area contributed by atoms with E-state index in [1.165, 1.54) is 5.56 Å². The van der Waals surface area contributed by atoms with Crippen molar-refractivity contribution in [2.75, 3.05) is 37.7 Å². The number of pyridine rings is 1. The molecule has 0 unspecified atom stereocenters. The molecule has 2 aliphatic rings. The second-order valence-corrected chi connectivity index (χ2v) is 11.3. The zero-order chi connectivity index (χ0) is 29.1. The molecule has 4 aromatic rings. The Bertz CT molecular complexity index is 1580. The van der Waals surface area contributed by atoms with Crippen LogP contribution in [0.1, 0.15) is 43.2 Å². The third-order valence-electron chi connectivity index (χ3n) is 8.27. The van der Waals surface area contributed by atoms with Crippen LogP contribution in [-0.4, -0.2) is 74.4 Å². The van der Waals surface area contributed by atoms with Crippen molar-refractivity contribution in [3.05, 3.63) is 78.6 Å². The minimum atomic E-state index is -0.239. The largest absolute Gasteiger partial charge is 0.491 e. The Balaban J connectivity index is 1.00. The van der Waals surface area contributed by atoms with Crippen LogP contribution in [0.4, 0.5) is 16.4 Å². The van der Waals surface area contributed by atoms with Crippen LogP contribution in [0.15, 0.2) is 72.5 Å². The van der Waals surface area contributed by atoms with Gasteiger partial charge in [0.2, 0.25) is 0 Å². The molecule has 5 heterocycles. The number of carbonyl (C=O) groups excluding carboxylic acids is 1. The Morgan fingerprint density at radius 2 is 2.00 bits per heavy atom. The minimum absolute atomic E-state index is 0.0483. The third kappa shape index (κ3) is 5.86. The fourth-order valence-corrected chi connectivity index (χ4v) is 5.75. The van der Waals surface area contributed by atoms with E-state index in [4.69, 9.17) is 10.5 Å². The van der Waals surface area contributed by atoms with E-state index < -0.39 is 0 Å². The maximum absolute atomic E-state index is 12.9. The lowest BCUT2D eigenvalue weighted by Crippen LogP contribution is -2.52. The predicted octanol–water partition coefficient (Wildman–Crippen LogP) is 4.06. The maximum atomic E-state index is 12.9. The van der Waals surface area contributed by atoms with E-state index in [0.717, 1.165) is 42.8 Å². The number of urea groups is 1. The highest BCUT2D eigenvalue weighted by molar-refractivity contribution is 5.84. The normalized spacial score (nSPS) is 17.6. The Hall–Kier alpha value is -4.67. The van der Waals surface area contributed by atoms with Gasteiger partial charge in [0.05, 0.1) is 30.9 Å². The fourth-order valence-electron chi connectivity index (χ4n) is 5.75. The molecule has 2 fully saturated rings. The molecule has 0 saturated carbocycles. The second-order valence-electron chi connectivity index (χ2n) is 11.3. The second kappa shape index (κ2) is 11.7. The molecule has 3 N–H and O–H groups in total. The van der Waals surface area contributed by atoms with Crippen molar-refractivity contribution < 1.29 is 9.53 Å². The summed E-state index contributed by atoms with van der Waals surface area (Å²) in [4.78, 5) is 34.9. The molecule has 1 atom stereocenters. The number of nitrogens with two attached hydrogens (primary N) is 1. The van der Waals surface area contributed by atoms with Gasteiger partial charge in [-0.2, -0.15) is 0 Å². The number of hydrogen-bond donors (Lipinski definition) is 2. The Morgan fingerprint density at radius 3 is 2.79 bits per heavy atom. The highest BCUT2D eigenvalue weighted by Gasteiger charge is 2.44. The monoisotopic (exact) mass is 567 g/mol. The van der Waals surface area contributed by atoms with Gasteiger partial charge < -0.3 is 30.0 Å². The minimum Gasteiger partial charge on any atom is -0.491 e. The van der Waals surface area contributed by atoms with E-state index in [1.54, 1.807) is 18.7 Å². The SMILES string of the molecule is Cc1cc(OC[C@@H](C)c2ccccc2)cnc1N=C(N)CCN1CC2(CCN(c3nccn4cncc34)CC2)NC1=O. The van der Waals surface area contributed by atoms with Gasteiger partial charge in [0.15, 0.2) is 11.6 Å². The van der Waals surface area contributed by atoms with Gasteiger partial charge in [-0.15, -0.1) is 0 Å². The molecule has 6 rings (SSSR count). The molecule has 42 heavy (non-hydrogen) atoms. The standard InChI is InChI=1S/C31H37N9O2/c1-22-16-25(42-19-23(2)24-6-4-3-5-7-24)17-35-28(22)36-27(32)8-12-39-20-31(37-30(39)41)9-13-38(14-10-31)29-26-18-33-21-40(26)15-11-34-29/h3-7,11,15-18,21,23H,8-10,12-14,19-20H2,1-2H3,(H,37,41)(H2,32,35,36)/t23-/m1/s1. The number of aromatic nitrogens is 4. The van der Waals surface area contributed by atoms with Gasteiger partial charge in [-0.1, -0.05) is 37.3 Å². The van der Waals surface area contributed by atoms with E-state index in [-0.39, 0.29) is 17.5 Å². The number of rotatable bonds is 9. The molecule has 0 radical (unpaired) electrons. The van der Waals surface area contributed by atoms with Crippen molar-refractivity contribution in [1.82, 2.24) is 29.6 Å². The summed E-state index contributed by atoms with van der Waals surface area (Å²) in [7, 11) is 0. The molecular weight excluding hydrogens is 530 g/mol. The molecule has 0 aliphatic carbocycles. The highest BCUT2D eigenvalue weighted by atomic mass is 16.5. The van der Waals surface area contributed by atoms with Gasteiger partial charge in [-0.05, 0) is 37.0 Å². The molecule has 218 valence electrons. The number of nitrogens with one attached hydrogen (secondary N) is 1. The molecule has 11 heteroatoms. The van der Waals surface area contributed by atoms with Gasteiger partial charge in [0.25, 0.3) is 0 Å². The van der Waals surface area contributed by atoms with Crippen LogP contribution in [0.2, 0.25) is 0 Å². The number of amides is 2. The number of amidine groups is 1. The van der Waals surface area contributed by atoms with Crippen LogP contribution < -0.4 is 20.7 Å². The summed E-state index contributed by atoms with van der Waals surface area (Å²) in [5.41, 5.74) is 9.16. The average molecular weight is 568 g/mol. The molecular formula is C31H37N9O2. The number of aryl methyl sites for hydroxylation is 1. The molecule has 2 amide bonds. The number of anilines is 1. The van der Waals surface area contributed by atoms with E-state index in [9.17, 15) is 4.79 Å². The fraction of sp³-hybridized carbons (Fsp3) is 0.387. The quantitative estimate of drug-likeness (QED) is 0.231. The van der Waals surface area contributed by atoms with Crippen LogP contribution in [0, 0.1) is 6.92 Å². The molecule has 11 nitrogen and oxygen atoms in total. The maximum Gasteiger partial charge on any atom is 0.317 e. The van der Waals surface area contributed by atoms with Gasteiger partial charge >= 0.3 is 6.03 Å². The topological polar surface area (TPSA) is 126 Å². The number of fused-ring (bicyclic) bond motifs is 1. The first-order valence-corrected chi connectivity index (χ1v) is 14.5. The first-order valence-electron chi connectivity index (χ1n) is 14.5. The summed E-state index contributed by atoms with van der Waals surface area (Å²) in [6, 6.07) is 12.2. The highest BCUT2D eigenvalue weighted by Crippen LogP contribution is 2.31. The predicted molar refractivity (Wildman–Crippen MR) is 162 cm³/mol. The number of hydrogen-bond acceptors (Lipinski definition) is 7. The average Bonchev–Trinajstić information content (AvgIpc) is 3.61. The lowest BCUT2D eigenvalue weighted by molar-refractivity contribution is 0.218. The number of nitrogens with zero attached hydrogens (tertiary/aromatic N) is 7. The number of piperidine rings is 1. The smallest absolute Gasteiger partial charge is 0.317 e. The number of benzene rings is 1. The summed E-state index contributed by atoms with van der Waals surface area (Å²) in [6.07, 6.45) is 11.2. The summed E-state index contributed by atoms with van der Waals surface area (Å²) >= 11 is 0. The summed E-state index contributed by atoms with van der Waals surface area (Å²) in [6.45, 7) is 7.42. The first kappa shape index (κ1) is 27.5. The van der Waals surface area contributed by atoms with Crippen molar-refractivity contribution in [2.45, 2.75) is 44.6 Å². The lowest BCUT2D eigenvalue weighted by atomic mass is 9.88. The summed E-state index contributed by atoms with van der Waals surface area (Å²) < 4.78 is 7.96. The number of aliphatic imine (C=N–C) groups is 1. The van der Waals surface area contributed by atoms with Crippen molar-refractivity contribution >= 4 is 29.0 Å². The van der Waals surface area contributed by atoms with E-state index in [1.807, 2.05) is 52.9 Å². The van der Waals surface area contributed by atoms with Gasteiger partial charge in [0.1, 0.15) is 17.1 Å². The van der Waals surface area contributed by atoms with Crippen LogP contribution in [0.25, 0.3) is 5.52 Å². The molecule has 1 spiro atoms. The van der Waals surface area contributed by atoms with E-state index in [0.29, 0.717) is 43.5 Å². The zero-order valence-electron chi connectivity index (χ0n) is 24.1. The third-order valence-corrected chi connectivity index (χ3v) is 8.27. The Labute approximate surface area is 245 Å². The molecule has 1 aromatic carbocycles. The van der Waals surface area contributed by atoms with Crippen molar-refractivity contribution in [2.24, 2.45) is 10.7 Å². The number of ether oxygens (including phenoxy) is 1. The van der Waals surface area contributed by atoms with Gasteiger partial charge in [-0.25, -0.2) is 24.7 Å². The first-order chi connectivity index (χ1) is 20.4. The molecule has 0 bridgehead atoms. The summed E-state index contributed by atoms with van der Waals surface area (Å²) in [5.74, 6) is 2.91. The van der Waals surface area contributed by atoms with E-state index >= 15 is 0 Å². The zero-order valence-corrected chi connectivity index (χ0v) is 24.1. The Kier molecular flexibility index (Phi) is 7.64. The molecule has 3 aromatic heterocycles. The lowest BCUT2D eigenvalue weighted by Gasteiger charge is -2.39. The number of carbonyl (C=O) groups is 1. The van der Waals surface area contributed by atoms with Crippen LogP contribution in [-0.2, 0) is 0 Å². The van der Waals surface area contributed by atoms with E-state index in [2.05, 4.69) is 49.2 Å². The molecule has 2 aliphatic heterocycles. The Morgan fingerprint density at radius 1 is 1.19 bits per heavy atom. The van der Waals surface area contributed by atoms with Crippen LogP contribution >= 0.6 is 0 Å². The van der Waals surface area contributed by atoms with Crippen LogP contribution in [0.3, 0.4) is 0 Å².